The first kappa shape index (κ1) is 23.8. The lowest BCUT2D eigenvalue weighted by Gasteiger charge is -2.25. The number of alkyl halides is 6. The molecule has 0 saturated heterocycles. The first-order chi connectivity index (χ1) is 15.4. The van der Waals surface area contributed by atoms with Crippen molar-refractivity contribution in [1.29, 1.82) is 0 Å². The molecule has 0 aliphatic carbocycles. The van der Waals surface area contributed by atoms with Gasteiger partial charge in [-0.1, -0.05) is 0 Å². The van der Waals surface area contributed by atoms with Crippen molar-refractivity contribution >= 4 is 18.0 Å². The lowest BCUT2D eigenvalue weighted by molar-refractivity contribution is -0.143. The summed E-state index contributed by atoms with van der Waals surface area (Å²) in [6.45, 7) is 0.169. The second kappa shape index (κ2) is 8.96. The predicted octanol–water partition coefficient (Wildman–Crippen LogP) is 3.25. The van der Waals surface area contributed by atoms with Gasteiger partial charge in [-0.05, 0) is 18.2 Å². The number of hydrazine groups is 1. The quantitative estimate of drug-likeness (QED) is 0.530. The number of rotatable bonds is 5. The van der Waals surface area contributed by atoms with E-state index in [4.69, 9.17) is 4.74 Å². The van der Waals surface area contributed by atoms with Crippen molar-refractivity contribution in [2.75, 3.05) is 13.7 Å². The fraction of sp³-hybridized carbons (Fsp3) is 0.263. The van der Waals surface area contributed by atoms with Crippen LogP contribution in [0.4, 0.5) is 26.3 Å². The number of nitrogens with zero attached hydrogens (tertiary/aromatic N) is 4. The van der Waals surface area contributed by atoms with E-state index in [2.05, 4.69) is 15.5 Å². The number of carbonyl (C=O) groups excluding carboxylic acids is 2. The van der Waals surface area contributed by atoms with E-state index in [9.17, 15) is 35.9 Å². The number of hydrogen-bond acceptors (Lipinski definition) is 5. The fourth-order valence-electron chi connectivity index (χ4n) is 2.77. The highest BCUT2D eigenvalue weighted by Gasteiger charge is 2.37. The second-order valence-electron chi connectivity index (χ2n) is 6.69. The van der Waals surface area contributed by atoms with Crippen LogP contribution in [0.1, 0.15) is 17.5 Å². The summed E-state index contributed by atoms with van der Waals surface area (Å²) in [6.07, 6.45) is -5.42. The van der Waals surface area contributed by atoms with E-state index in [1.54, 1.807) is 0 Å². The second-order valence-corrected chi connectivity index (χ2v) is 6.69. The molecule has 2 heterocycles. The molecule has 14 heteroatoms. The molecule has 0 radical (unpaired) electrons. The van der Waals surface area contributed by atoms with E-state index in [0.717, 1.165) is 28.3 Å². The Bertz CT molecular complexity index is 1090. The summed E-state index contributed by atoms with van der Waals surface area (Å²) in [5.74, 6) is -1.19. The highest BCUT2D eigenvalue weighted by atomic mass is 19.4. The number of amides is 2. The molecular formula is C19H15F6N5O3. The van der Waals surface area contributed by atoms with Crippen LogP contribution < -0.4 is 5.43 Å². The van der Waals surface area contributed by atoms with Gasteiger partial charge in [-0.3, -0.25) is 15.0 Å². The van der Waals surface area contributed by atoms with Crippen molar-refractivity contribution in [3.63, 3.8) is 0 Å². The molecule has 1 aromatic carbocycles. The monoisotopic (exact) mass is 475 g/mol. The summed E-state index contributed by atoms with van der Waals surface area (Å²) < 4.78 is 84.0. The van der Waals surface area contributed by atoms with Gasteiger partial charge in [0.1, 0.15) is 12.1 Å². The summed E-state index contributed by atoms with van der Waals surface area (Å²) in [7, 11) is 1.41. The van der Waals surface area contributed by atoms with Gasteiger partial charge in [0, 0.05) is 36.9 Å². The van der Waals surface area contributed by atoms with Gasteiger partial charge in [0.2, 0.25) is 0 Å². The van der Waals surface area contributed by atoms with Gasteiger partial charge < -0.3 is 4.74 Å². The van der Waals surface area contributed by atoms with Crippen LogP contribution >= 0.6 is 0 Å². The van der Waals surface area contributed by atoms with Crippen molar-refractivity contribution in [1.82, 2.24) is 25.2 Å². The average Bonchev–Trinajstić information content (AvgIpc) is 3.21. The number of halogens is 6. The number of aromatic nitrogens is 3. The lowest BCUT2D eigenvalue weighted by Crippen LogP contribution is -2.47. The molecule has 0 atom stereocenters. The molecular weight excluding hydrogens is 460 g/mol. The third kappa shape index (κ3) is 5.90. The summed E-state index contributed by atoms with van der Waals surface area (Å²) in [4.78, 5) is 27.6. The first-order valence-corrected chi connectivity index (χ1v) is 9.12. The van der Waals surface area contributed by atoms with Crippen LogP contribution in [0, 0.1) is 0 Å². The van der Waals surface area contributed by atoms with Gasteiger partial charge in [0.05, 0.1) is 18.2 Å². The molecule has 33 heavy (non-hydrogen) atoms. The van der Waals surface area contributed by atoms with Gasteiger partial charge in [0.25, 0.3) is 11.8 Å². The van der Waals surface area contributed by atoms with Crippen molar-refractivity contribution in [2.24, 2.45) is 0 Å². The maximum atomic E-state index is 13.0. The number of methoxy groups -OCH3 is 1. The number of nitrogens with one attached hydrogen (secondary N) is 1. The molecule has 1 N–H and O–H groups in total. The summed E-state index contributed by atoms with van der Waals surface area (Å²) in [5, 5.41) is 4.82. The van der Waals surface area contributed by atoms with Crippen LogP contribution in [0.15, 0.2) is 42.4 Å². The third-order valence-corrected chi connectivity index (χ3v) is 4.37. The minimum absolute atomic E-state index is 0.00258. The standard InChI is InChI=1S/C19H15F6N5O3/c1-33-14-2-5-30(16(32)9-14)27-15(31)3-4-29-10-26-17(28-29)11-6-12(18(20,21)22)8-13(7-11)19(23,24)25/h3-4,6-10H,2,5H2,1H3,(H,27,31)/b4-3-. The Kier molecular flexibility index (Phi) is 6.46. The van der Waals surface area contributed by atoms with Crippen LogP contribution in [-0.4, -0.2) is 45.2 Å². The molecule has 8 nitrogen and oxygen atoms in total. The topological polar surface area (TPSA) is 89.4 Å². The average molecular weight is 475 g/mol. The Balaban J connectivity index is 1.76. The lowest BCUT2D eigenvalue weighted by atomic mass is 10.0. The van der Waals surface area contributed by atoms with Gasteiger partial charge in [-0.25, -0.2) is 14.7 Å². The normalized spacial score (nSPS) is 15.1. The third-order valence-electron chi connectivity index (χ3n) is 4.37. The van der Waals surface area contributed by atoms with E-state index in [-0.39, 0.29) is 12.6 Å². The maximum absolute atomic E-state index is 13.0. The van der Waals surface area contributed by atoms with Crippen molar-refractivity contribution in [3.8, 4) is 11.4 Å². The molecule has 2 amide bonds. The molecule has 3 rings (SSSR count). The van der Waals surface area contributed by atoms with Crippen molar-refractivity contribution in [3.05, 3.63) is 53.6 Å². The Hall–Kier alpha value is -3.84. The van der Waals surface area contributed by atoms with Crippen LogP contribution in [0.25, 0.3) is 17.6 Å². The summed E-state index contributed by atoms with van der Waals surface area (Å²) in [6, 6.07) is 0.988. The zero-order chi connectivity index (χ0) is 24.4. The van der Waals surface area contributed by atoms with Crippen LogP contribution in [0.2, 0.25) is 0 Å². The molecule has 2 aromatic rings. The van der Waals surface area contributed by atoms with Crippen LogP contribution in [0.5, 0.6) is 0 Å². The highest BCUT2D eigenvalue weighted by molar-refractivity contribution is 5.94. The van der Waals surface area contributed by atoms with E-state index in [1.807, 2.05) is 0 Å². The molecule has 1 aliphatic heterocycles. The molecule has 0 unspecified atom stereocenters. The van der Waals surface area contributed by atoms with E-state index >= 15 is 0 Å². The summed E-state index contributed by atoms with van der Waals surface area (Å²) in [5.41, 5.74) is -1.20. The Morgan fingerprint density at radius 3 is 2.30 bits per heavy atom. The van der Waals surface area contributed by atoms with E-state index in [1.165, 1.54) is 13.2 Å². The predicted molar refractivity (Wildman–Crippen MR) is 100 cm³/mol. The van der Waals surface area contributed by atoms with Gasteiger partial charge in [-0.15, -0.1) is 5.10 Å². The summed E-state index contributed by atoms with van der Waals surface area (Å²) >= 11 is 0. The number of ether oxygens (including phenoxy) is 1. The molecule has 1 aliphatic rings. The Morgan fingerprint density at radius 1 is 1.12 bits per heavy atom. The van der Waals surface area contributed by atoms with E-state index in [0.29, 0.717) is 24.3 Å². The number of benzene rings is 1. The SMILES string of the molecule is COC1=CC(=O)N(NC(=O)/C=C\n2cnc(-c3cc(C(F)(F)F)cc(C(F)(F)F)c3)n2)CC1. The maximum Gasteiger partial charge on any atom is 0.416 e. The minimum atomic E-state index is -5.01. The molecule has 1 aromatic heterocycles. The molecule has 0 spiro atoms. The number of carbonyl (C=O) groups is 2. The van der Waals surface area contributed by atoms with Gasteiger partial charge >= 0.3 is 12.4 Å². The zero-order valence-corrected chi connectivity index (χ0v) is 16.7. The molecule has 0 bridgehead atoms. The first-order valence-electron chi connectivity index (χ1n) is 9.12. The smallest absolute Gasteiger partial charge is 0.416 e. The minimum Gasteiger partial charge on any atom is -0.501 e. The largest absolute Gasteiger partial charge is 0.501 e. The highest BCUT2D eigenvalue weighted by Crippen LogP contribution is 2.38. The molecule has 0 fully saturated rings. The van der Waals surface area contributed by atoms with Gasteiger partial charge in [-0.2, -0.15) is 26.3 Å². The Labute approximate surface area is 182 Å². The Morgan fingerprint density at radius 2 is 1.76 bits per heavy atom. The van der Waals surface area contributed by atoms with E-state index < -0.39 is 46.7 Å². The number of hydrogen-bond donors (Lipinski definition) is 1. The van der Waals surface area contributed by atoms with Crippen molar-refractivity contribution in [2.45, 2.75) is 18.8 Å². The van der Waals surface area contributed by atoms with Crippen LogP contribution in [0.3, 0.4) is 0 Å². The van der Waals surface area contributed by atoms with Crippen LogP contribution in [-0.2, 0) is 26.7 Å². The van der Waals surface area contributed by atoms with Crippen molar-refractivity contribution < 1.29 is 40.7 Å². The van der Waals surface area contributed by atoms with Gasteiger partial charge in [0.15, 0.2) is 5.82 Å². The fourth-order valence-corrected chi connectivity index (χ4v) is 2.77. The zero-order valence-electron chi connectivity index (χ0n) is 16.7. The molecule has 176 valence electrons. The molecule has 0 saturated carbocycles.